The molecule has 0 unspecified atom stereocenters. The van der Waals surface area contributed by atoms with Crippen LogP contribution in [0.5, 0.6) is 5.75 Å². The number of carbonyl (C=O) groups is 1. The number of benzene rings is 2. The molecule has 27 heavy (non-hydrogen) atoms. The molecule has 8 heteroatoms. The smallest absolute Gasteiger partial charge is 0.276 e. The quantitative estimate of drug-likeness (QED) is 0.454. The lowest BCUT2D eigenvalue weighted by atomic mass is 10.2. The Kier molecular flexibility index (Phi) is 6.42. The number of hydrogen-bond donors (Lipinski definition) is 1. The average Bonchev–Trinajstić information content (AvgIpc) is 2.88. The van der Waals surface area contributed by atoms with Crippen molar-refractivity contribution < 1.29 is 9.53 Å². The molecule has 1 N–H and O–H groups in total. The zero-order valence-electron chi connectivity index (χ0n) is 14.3. The van der Waals surface area contributed by atoms with E-state index in [1.807, 2.05) is 31.2 Å². The number of rotatable bonds is 5. The summed E-state index contributed by atoms with van der Waals surface area (Å²) in [5.74, 6) is 0.538. The van der Waals surface area contributed by atoms with Crippen LogP contribution in [0.25, 0.3) is 6.08 Å². The lowest BCUT2D eigenvalue weighted by Gasteiger charge is -2.10. The molecule has 0 aromatic heterocycles. The zero-order valence-corrected chi connectivity index (χ0v) is 18.2. The molecular weight excluding hydrogens is 471 g/mol. The van der Waals surface area contributed by atoms with Gasteiger partial charge < -0.3 is 10.1 Å². The summed E-state index contributed by atoms with van der Waals surface area (Å²) >= 11 is 20.7. The molecule has 2 aromatic carbocycles. The molecule has 1 amide bonds. The molecular formula is C19H15BrCl2N2O2S. The highest BCUT2D eigenvalue weighted by Gasteiger charge is 2.28. The van der Waals surface area contributed by atoms with Gasteiger partial charge in [0.2, 0.25) is 0 Å². The summed E-state index contributed by atoms with van der Waals surface area (Å²) < 4.78 is 6.60. The second kappa shape index (κ2) is 8.61. The fraction of sp³-hybridized carbons (Fsp3) is 0.158. The molecule has 1 aliphatic rings. The van der Waals surface area contributed by atoms with Gasteiger partial charge in [0.15, 0.2) is 5.11 Å². The Morgan fingerprint density at radius 3 is 2.67 bits per heavy atom. The molecule has 0 saturated carbocycles. The monoisotopic (exact) mass is 484 g/mol. The second-order valence-corrected chi connectivity index (χ2v) is 7.84. The maximum Gasteiger partial charge on any atom is 0.276 e. The van der Waals surface area contributed by atoms with Crippen LogP contribution in [-0.2, 0) is 11.4 Å². The standard InChI is InChI=1S/C19H15BrCl2N2O2S/c1-2-24-18(25)16(23-19(24)27)8-11-3-6-17(14(20)7-11)26-10-12-4-5-13(21)9-15(12)22/h3-9H,2,10H2,1H3,(H,23,27)/b16-8-. The minimum atomic E-state index is -0.128. The first-order chi connectivity index (χ1) is 12.9. The van der Waals surface area contributed by atoms with Crippen LogP contribution in [0.4, 0.5) is 0 Å². The Hall–Kier alpha value is -1.60. The average molecular weight is 486 g/mol. The Bertz CT molecular complexity index is 949. The molecule has 0 radical (unpaired) electrons. The molecule has 0 bridgehead atoms. The Morgan fingerprint density at radius 1 is 1.26 bits per heavy atom. The van der Waals surface area contributed by atoms with Crippen LogP contribution in [0.3, 0.4) is 0 Å². The fourth-order valence-electron chi connectivity index (χ4n) is 2.54. The van der Waals surface area contributed by atoms with Crippen LogP contribution in [0.15, 0.2) is 46.6 Å². The number of nitrogens with one attached hydrogen (secondary N) is 1. The van der Waals surface area contributed by atoms with Gasteiger partial charge >= 0.3 is 0 Å². The molecule has 0 spiro atoms. The number of ether oxygens (including phenoxy) is 1. The maximum absolute atomic E-state index is 12.3. The van der Waals surface area contributed by atoms with E-state index in [4.69, 9.17) is 40.2 Å². The van der Waals surface area contributed by atoms with E-state index in [2.05, 4.69) is 21.2 Å². The number of carbonyl (C=O) groups excluding carboxylic acids is 1. The van der Waals surface area contributed by atoms with Crippen molar-refractivity contribution in [3.63, 3.8) is 0 Å². The summed E-state index contributed by atoms with van der Waals surface area (Å²) in [5.41, 5.74) is 2.14. The summed E-state index contributed by atoms with van der Waals surface area (Å²) in [5, 5.41) is 4.50. The zero-order chi connectivity index (χ0) is 19.6. The van der Waals surface area contributed by atoms with Gasteiger partial charge in [-0.3, -0.25) is 9.69 Å². The Morgan fingerprint density at radius 2 is 2.04 bits per heavy atom. The molecule has 2 aromatic rings. The maximum atomic E-state index is 12.3. The van der Waals surface area contributed by atoms with Gasteiger partial charge in [0.25, 0.3) is 5.91 Å². The highest BCUT2D eigenvalue weighted by Crippen LogP contribution is 2.29. The second-order valence-electron chi connectivity index (χ2n) is 5.75. The van der Waals surface area contributed by atoms with Gasteiger partial charge in [-0.05, 0) is 71.0 Å². The number of nitrogens with zero attached hydrogens (tertiary/aromatic N) is 1. The van der Waals surface area contributed by atoms with E-state index in [1.54, 1.807) is 18.2 Å². The normalized spacial score (nSPS) is 15.4. The third-order valence-corrected chi connectivity index (χ3v) is 5.47. The fourth-order valence-corrected chi connectivity index (χ4v) is 3.84. The van der Waals surface area contributed by atoms with Gasteiger partial charge in [0.1, 0.15) is 18.1 Å². The van der Waals surface area contributed by atoms with Gasteiger partial charge in [-0.2, -0.15) is 0 Å². The summed E-state index contributed by atoms with van der Waals surface area (Å²) in [6.07, 6.45) is 1.76. The lowest BCUT2D eigenvalue weighted by molar-refractivity contribution is -0.122. The van der Waals surface area contributed by atoms with Crippen molar-refractivity contribution >= 4 is 68.4 Å². The summed E-state index contributed by atoms with van der Waals surface area (Å²) in [6.45, 7) is 2.73. The van der Waals surface area contributed by atoms with E-state index in [-0.39, 0.29) is 5.91 Å². The molecule has 0 aliphatic carbocycles. The van der Waals surface area contributed by atoms with E-state index < -0.39 is 0 Å². The highest BCUT2D eigenvalue weighted by atomic mass is 79.9. The van der Waals surface area contributed by atoms with Crippen LogP contribution in [0, 0.1) is 0 Å². The van der Waals surface area contributed by atoms with Crippen molar-refractivity contribution in [2.45, 2.75) is 13.5 Å². The van der Waals surface area contributed by atoms with Crippen molar-refractivity contribution in [2.24, 2.45) is 0 Å². The number of hydrogen-bond acceptors (Lipinski definition) is 3. The Labute approximate surface area is 181 Å². The summed E-state index contributed by atoms with van der Waals surface area (Å²) in [6, 6.07) is 10.8. The van der Waals surface area contributed by atoms with Crippen LogP contribution in [0.2, 0.25) is 10.0 Å². The SMILES string of the molecule is CCN1C(=O)/C(=C/c2ccc(OCc3ccc(Cl)cc3Cl)c(Br)c2)NC1=S. The summed E-state index contributed by atoms with van der Waals surface area (Å²) in [4.78, 5) is 13.8. The van der Waals surface area contributed by atoms with Crippen LogP contribution in [0.1, 0.15) is 18.1 Å². The van der Waals surface area contributed by atoms with E-state index in [0.717, 1.165) is 15.6 Å². The highest BCUT2D eigenvalue weighted by molar-refractivity contribution is 9.10. The largest absolute Gasteiger partial charge is 0.488 e. The predicted octanol–water partition coefficient (Wildman–Crippen LogP) is 5.41. The molecule has 4 nitrogen and oxygen atoms in total. The van der Waals surface area contributed by atoms with Gasteiger partial charge in [0.05, 0.1) is 4.47 Å². The molecule has 0 atom stereocenters. The van der Waals surface area contributed by atoms with Crippen LogP contribution >= 0.6 is 51.3 Å². The van der Waals surface area contributed by atoms with E-state index in [1.165, 1.54) is 4.90 Å². The first-order valence-corrected chi connectivity index (χ1v) is 10.1. The molecule has 3 rings (SSSR count). The van der Waals surface area contributed by atoms with Gasteiger partial charge in [-0.25, -0.2) is 0 Å². The predicted molar refractivity (Wildman–Crippen MR) is 116 cm³/mol. The van der Waals surface area contributed by atoms with Crippen LogP contribution < -0.4 is 10.1 Å². The molecule has 1 aliphatic heterocycles. The topological polar surface area (TPSA) is 41.6 Å². The third-order valence-electron chi connectivity index (χ3n) is 3.94. The molecule has 140 valence electrons. The van der Waals surface area contributed by atoms with Crippen molar-refractivity contribution in [1.29, 1.82) is 0 Å². The first kappa shape index (κ1) is 20.1. The minimum Gasteiger partial charge on any atom is -0.488 e. The number of likely N-dealkylation sites (N-methyl/N-ethyl adjacent to an activating group) is 1. The Balaban J connectivity index is 1.73. The minimum absolute atomic E-state index is 0.128. The van der Waals surface area contributed by atoms with Crippen molar-refractivity contribution in [2.75, 3.05) is 6.54 Å². The lowest BCUT2D eigenvalue weighted by Crippen LogP contribution is -2.30. The number of amides is 1. The van der Waals surface area contributed by atoms with E-state index >= 15 is 0 Å². The van der Waals surface area contributed by atoms with Gasteiger partial charge in [-0.15, -0.1) is 0 Å². The van der Waals surface area contributed by atoms with E-state index in [0.29, 0.717) is 39.8 Å². The molecule has 1 fully saturated rings. The molecule has 1 heterocycles. The first-order valence-electron chi connectivity index (χ1n) is 8.10. The number of halogens is 3. The van der Waals surface area contributed by atoms with Crippen molar-refractivity contribution in [3.05, 3.63) is 67.7 Å². The third kappa shape index (κ3) is 4.63. The molecule has 1 saturated heterocycles. The van der Waals surface area contributed by atoms with Gasteiger partial charge in [-0.1, -0.05) is 35.3 Å². The van der Waals surface area contributed by atoms with E-state index in [9.17, 15) is 4.79 Å². The summed E-state index contributed by atoms with van der Waals surface area (Å²) in [7, 11) is 0. The van der Waals surface area contributed by atoms with Crippen molar-refractivity contribution in [3.8, 4) is 5.75 Å². The van der Waals surface area contributed by atoms with Crippen molar-refractivity contribution in [1.82, 2.24) is 10.2 Å². The number of thiocarbonyl (C=S) groups is 1. The van der Waals surface area contributed by atoms with Crippen LogP contribution in [-0.4, -0.2) is 22.5 Å². The van der Waals surface area contributed by atoms with Gasteiger partial charge in [0, 0.05) is 22.2 Å².